The van der Waals surface area contributed by atoms with Crippen molar-refractivity contribution >= 4 is 17.5 Å². The van der Waals surface area contributed by atoms with Gasteiger partial charge in [0.25, 0.3) is 5.78 Å². The molecule has 2 aliphatic rings. The van der Waals surface area contributed by atoms with E-state index in [9.17, 15) is 18.0 Å². The summed E-state index contributed by atoms with van der Waals surface area (Å²) in [5.74, 6) is 1.59. The number of allylic oxidation sites excluding steroid dienone is 1. The first-order chi connectivity index (χ1) is 15.6. The molecule has 1 aliphatic carbocycles. The van der Waals surface area contributed by atoms with Crippen molar-refractivity contribution in [2.24, 2.45) is 0 Å². The van der Waals surface area contributed by atoms with Gasteiger partial charge in [-0.1, -0.05) is 17.7 Å². The van der Waals surface area contributed by atoms with Crippen molar-refractivity contribution in [1.82, 2.24) is 24.5 Å². The van der Waals surface area contributed by atoms with Crippen molar-refractivity contribution in [1.29, 1.82) is 0 Å². The van der Waals surface area contributed by atoms with Gasteiger partial charge in [0.15, 0.2) is 0 Å². The summed E-state index contributed by atoms with van der Waals surface area (Å²) in [6.07, 6.45) is -2.68. The van der Waals surface area contributed by atoms with Gasteiger partial charge in [0.1, 0.15) is 11.6 Å². The fourth-order valence-electron chi connectivity index (χ4n) is 4.57. The first-order valence-corrected chi connectivity index (χ1v) is 10.8. The molecule has 10 heteroatoms. The molecule has 2 aromatic heterocycles. The lowest BCUT2D eigenvalue weighted by Crippen LogP contribution is -2.30. The Morgan fingerprint density at radius 3 is 2.58 bits per heavy atom. The van der Waals surface area contributed by atoms with Gasteiger partial charge in [-0.05, 0) is 50.8 Å². The number of carbonyl (C=O) groups excluding carboxylic acids is 1. The second-order valence-corrected chi connectivity index (χ2v) is 8.63. The first-order valence-electron chi connectivity index (χ1n) is 10.8. The summed E-state index contributed by atoms with van der Waals surface area (Å²) in [7, 11) is 0. The maximum atomic E-state index is 13.3. The number of hydrogen-bond donors (Lipinski definition) is 1. The number of nitrogens with one attached hydrogen (secondary N) is 1. The number of carbonyl (C=O) groups is 1. The highest BCUT2D eigenvalue weighted by Crippen LogP contribution is 2.36. The average Bonchev–Trinajstić information content (AvgIpc) is 3.34. The van der Waals surface area contributed by atoms with Crippen LogP contribution in [0.15, 0.2) is 29.3 Å². The summed E-state index contributed by atoms with van der Waals surface area (Å²) in [5, 5.41) is 11.4. The minimum absolute atomic E-state index is 0.0218. The van der Waals surface area contributed by atoms with Crippen molar-refractivity contribution in [3.05, 3.63) is 63.1 Å². The van der Waals surface area contributed by atoms with Crippen LogP contribution in [0.3, 0.4) is 0 Å². The lowest BCUT2D eigenvalue weighted by atomic mass is 9.89. The number of fused-ring (bicyclic) bond motifs is 3. The lowest BCUT2D eigenvalue weighted by Gasteiger charge is -2.25. The van der Waals surface area contributed by atoms with Crippen LogP contribution < -0.4 is 5.32 Å². The zero-order chi connectivity index (χ0) is 23.5. The molecular formula is C23H23F3N6O. The molecule has 172 valence electrons. The van der Waals surface area contributed by atoms with Crippen LogP contribution >= 0.6 is 0 Å². The number of anilines is 1. The normalized spacial score (nSPS) is 15.8. The van der Waals surface area contributed by atoms with Crippen molar-refractivity contribution < 1.29 is 18.0 Å². The summed E-state index contributed by atoms with van der Waals surface area (Å²) < 4.78 is 41.7. The topological polar surface area (TPSA) is 75.4 Å². The molecule has 0 saturated carbocycles. The Morgan fingerprint density at radius 1 is 1.12 bits per heavy atom. The summed E-state index contributed by atoms with van der Waals surface area (Å²) in [4.78, 5) is 19.4. The Hall–Kier alpha value is -3.43. The third-order valence-corrected chi connectivity index (χ3v) is 6.62. The fourth-order valence-corrected chi connectivity index (χ4v) is 4.57. The van der Waals surface area contributed by atoms with E-state index >= 15 is 0 Å². The molecular weight excluding hydrogens is 433 g/mol. The molecule has 0 bridgehead atoms. The maximum absolute atomic E-state index is 13.3. The summed E-state index contributed by atoms with van der Waals surface area (Å²) in [6, 6.07) is 4.16. The Bertz CT molecular complexity index is 1320. The third kappa shape index (κ3) is 3.53. The molecule has 1 aliphatic heterocycles. The van der Waals surface area contributed by atoms with Gasteiger partial charge in [0, 0.05) is 17.7 Å². The molecule has 0 radical (unpaired) electrons. The predicted octanol–water partition coefficient (Wildman–Crippen LogP) is 4.32. The second kappa shape index (κ2) is 7.57. The van der Waals surface area contributed by atoms with Gasteiger partial charge in [-0.25, -0.2) is 0 Å². The SMILES string of the molecule is CC1=C(C(=O)N2Cc3c(NCc4cccc(C(F)(F)F)c4C)nc4nnc(C)n4c3C2)CC1. The predicted molar refractivity (Wildman–Crippen MR) is 115 cm³/mol. The standard InChI is InChI=1S/C23H23F3N6O/c1-12-7-8-16(12)21(33)31-10-17-19(11-31)32-14(3)29-30-22(32)28-20(17)27-9-15-5-4-6-18(13(15)2)23(24,25)26/h4-6H,7-11H2,1-3H3,(H,27,28,30). The molecule has 0 unspecified atom stereocenters. The van der Waals surface area contributed by atoms with Crippen molar-refractivity contribution in [2.75, 3.05) is 5.32 Å². The van der Waals surface area contributed by atoms with E-state index in [2.05, 4.69) is 20.5 Å². The molecule has 7 nitrogen and oxygen atoms in total. The Kier molecular flexibility index (Phi) is 4.91. The first kappa shape index (κ1) is 21.4. The average molecular weight is 456 g/mol. The van der Waals surface area contributed by atoms with Crippen LogP contribution in [0, 0.1) is 13.8 Å². The highest BCUT2D eigenvalue weighted by molar-refractivity contribution is 5.96. The smallest absolute Gasteiger partial charge is 0.366 e. The minimum atomic E-state index is -4.41. The van der Waals surface area contributed by atoms with E-state index in [1.54, 1.807) is 11.0 Å². The zero-order valence-corrected chi connectivity index (χ0v) is 18.5. The van der Waals surface area contributed by atoms with Gasteiger partial charge < -0.3 is 10.2 Å². The Balaban J connectivity index is 1.48. The van der Waals surface area contributed by atoms with Gasteiger partial charge in [-0.2, -0.15) is 18.2 Å². The van der Waals surface area contributed by atoms with E-state index in [-0.39, 0.29) is 18.0 Å². The molecule has 1 N–H and O–H groups in total. The molecule has 0 saturated heterocycles. The number of rotatable bonds is 4. The molecule has 5 rings (SSSR count). The van der Waals surface area contributed by atoms with Crippen molar-refractivity contribution in [3.8, 4) is 0 Å². The number of aromatic nitrogens is 4. The Labute approximate surface area is 188 Å². The van der Waals surface area contributed by atoms with Gasteiger partial charge in [0.2, 0.25) is 5.91 Å². The monoisotopic (exact) mass is 456 g/mol. The number of halogens is 3. The highest BCUT2D eigenvalue weighted by Gasteiger charge is 2.34. The molecule has 33 heavy (non-hydrogen) atoms. The Morgan fingerprint density at radius 2 is 1.91 bits per heavy atom. The minimum Gasteiger partial charge on any atom is -0.366 e. The maximum Gasteiger partial charge on any atom is 0.416 e. The molecule has 1 aromatic carbocycles. The summed E-state index contributed by atoms with van der Waals surface area (Å²) >= 11 is 0. The molecule has 0 atom stereocenters. The fraction of sp³-hybridized carbons (Fsp3) is 0.391. The number of amides is 1. The molecule has 3 heterocycles. The zero-order valence-electron chi connectivity index (χ0n) is 18.5. The van der Waals surface area contributed by atoms with Gasteiger partial charge >= 0.3 is 6.18 Å². The molecule has 3 aromatic rings. The molecule has 1 amide bonds. The molecule has 0 fully saturated rings. The number of benzene rings is 1. The van der Waals surface area contributed by atoms with Crippen molar-refractivity contribution in [3.63, 3.8) is 0 Å². The lowest BCUT2D eigenvalue weighted by molar-refractivity contribution is -0.138. The van der Waals surface area contributed by atoms with Crippen LogP contribution in [0.2, 0.25) is 0 Å². The van der Waals surface area contributed by atoms with E-state index in [4.69, 9.17) is 0 Å². The van der Waals surface area contributed by atoms with E-state index in [0.29, 0.717) is 36.1 Å². The quantitative estimate of drug-likeness (QED) is 0.633. The van der Waals surface area contributed by atoms with Gasteiger partial charge in [-0.3, -0.25) is 9.20 Å². The van der Waals surface area contributed by atoms with Gasteiger partial charge in [0.05, 0.1) is 24.3 Å². The summed E-state index contributed by atoms with van der Waals surface area (Å²) in [6.45, 7) is 6.21. The third-order valence-electron chi connectivity index (χ3n) is 6.62. The van der Waals surface area contributed by atoms with Crippen LogP contribution in [0.5, 0.6) is 0 Å². The molecule has 0 spiro atoms. The highest BCUT2D eigenvalue weighted by atomic mass is 19.4. The van der Waals surface area contributed by atoms with E-state index in [0.717, 1.165) is 41.3 Å². The van der Waals surface area contributed by atoms with E-state index in [1.165, 1.54) is 13.0 Å². The number of alkyl halides is 3. The van der Waals surface area contributed by atoms with E-state index < -0.39 is 11.7 Å². The number of aryl methyl sites for hydroxylation is 1. The van der Waals surface area contributed by atoms with Crippen LogP contribution in [-0.2, 0) is 30.6 Å². The largest absolute Gasteiger partial charge is 0.416 e. The van der Waals surface area contributed by atoms with Gasteiger partial charge in [-0.15, -0.1) is 10.2 Å². The van der Waals surface area contributed by atoms with Crippen LogP contribution in [0.25, 0.3) is 5.78 Å². The van der Waals surface area contributed by atoms with Crippen LogP contribution in [-0.4, -0.2) is 30.4 Å². The van der Waals surface area contributed by atoms with Crippen LogP contribution in [0.1, 0.15) is 53.5 Å². The summed E-state index contributed by atoms with van der Waals surface area (Å²) in [5.41, 5.74) is 3.75. The second-order valence-electron chi connectivity index (χ2n) is 8.63. The number of hydrogen-bond acceptors (Lipinski definition) is 5. The van der Waals surface area contributed by atoms with Crippen LogP contribution in [0.4, 0.5) is 19.0 Å². The van der Waals surface area contributed by atoms with Crippen molar-refractivity contribution in [2.45, 2.75) is 59.4 Å². The number of nitrogens with zero attached hydrogens (tertiary/aromatic N) is 5. The van der Waals surface area contributed by atoms with E-state index in [1.807, 2.05) is 18.2 Å².